The highest BCUT2D eigenvalue weighted by atomic mass is 32.2. The minimum Gasteiger partial charge on any atom is -0.497 e. The third kappa shape index (κ3) is 5.12. The summed E-state index contributed by atoms with van der Waals surface area (Å²) in [5.41, 5.74) is 0.686. The molecule has 0 heterocycles. The molecule has 3 aromatic carbocycles. The molecule has 3 rings (SSSR count). The summed E-state index contributed by atoms with van der Waals surface area (Å²) in [5, 5.41) is 2.71. The van der Waals surface area contributed by atoms with Crippen LogP contribution in [0.1, 0.15) is 0 Å². The summed E-state index contributed by atoms with van der Waals surface area (Å²) < 4.78 is 43.4. The Morgan fingerprint density at radius 3 is 2.06 bits per heavy atom. The van der Waals surface area contributed by atoms with Crippen LogP contribution in [0.25, 0.3) is 0 Å². The molecule has 0 atom stereocenters. The maximum Gasteiger partial charge on any atom is 0.264 e. The first kappa shape index (κ1) is 23.0. The van der Waals surface area contributed by atoms with Gasteiger partial charge in [0.15, 0.2) is 0 Å². The van der Waals surface area contributed by atoms with Gasteiger partial charge in [-0.25, -0.2) is 8.42 Å². The molecule has 0 aliphatic carbocycles. The van der Waals surface area contributed by atoms with Crippen LogP contribution in [-0.2, 0) is 14.8 Å². The number of anilines is 2. The summed E-state index contributed by atoms with van der Waals surface area (Å²) in [6.07, 6.45) is 0. The van der Waals surface area contributed by atoms with E-state index in [1.807, 2.05) is 0 Å². The van der Waals surface area contributed by atoms with Crippen LogP contribution in [-0.4, -0.2) is 42.2 Å². The molecule has 0 aromatic heterocycles. The summed E-state index contributed by atoms with van der Waals surface area (Å²) in [7, 11) is 0.481. The van der Waals surface area contributed by atoms with Gasteiger partial charge >= 0.3 is 0 Å². The fourth-order valence-corrected chi connectivity index (χ4v) is 4.46. The van der Waals surface area contributed by atoms with Crippen molar-refractivity contribution in [1.29, 1.82) is 0 Å². The monoisotopic (exact) mass is 456 g/mol. The van der Waals surface area contributed by atoms with Gasteiger partial charge in [-0.1, -0.05) is 18.2 Å². The second-order valence-corrected chi connectivity index (χ2v) is 8.50. The number of carbonyl (C=O) groups excluding carboxylic acids is 1. The van der Waals surface area contributed by atoms with E-state index >= 15 is 0 Å². The average molecular weight is 457 g/mol. The number of methoxy groups -OCH3 is 3. The molecule has 0 saturated heterocycles. The van der Waals surface area contributed by atoms with Gasteiger partial charge in [0.25, 0.3) is 10.0 Å². The van der Waals surface area contributed by atoms with E-state index in [2.05, 4.69) is 5.32 Å². The lowest BCUT2D eigenvalue weighted by Crippen LogP contribution is -2.38. The van der Waals surface area contributed by atoms with Crippen LogP contribution in [0.4, 0.5) is 11.4 Å². The molecule has 1 amide bonds. The fourth-order valence-electron chi connectivity index (χ4n) is 3.02. The van der Waals surface area contributed by atoms with Crippen molar-refractivity contribution in [2.75, 3.05) is 37.5 Å². The van der Waals surface area contributed by atoms with Crippen molar-refractivity contribution in [3.05, 3.63) is 72.8 Å². The molecule has 168 valence electrons. The third-order valence-electron chi connectivity index (χ3n) is 4.66. The number of nitrogens with zero attached hydrogens (tertiary/aromatic N) is 1. The molecule has 8 nitrogen and oxygen atoms in total. The summed E-state index contributed by atoms with van der Waals surface area (Å²) in [5.74, 6) is 0.953. The van der Waals surface area contributed by atoms with Gasteiger partial charge in [-0.05, 0) is 48.5 Å². The van der Waals surface area contributed by atoms with Crippen molar-refractivity contribution in [1.82, 2.24) is 0 Å². The van der Waals surface area contributed by atoms with Crippen LogP contribution in [0.5, 0.6) is 17.2 Å². The highest BCUT2D eigenvalue weighted by Gasteiger charge is 2.27. The molecule has 32 heavy (non-hydrogen) atoms. The van der Waals surface area contributed by atoms with Gasteiger partial charge in [0.1, 0.15) is 23.8 Å². The second kappa shape index (κ2) is 10.1. The minimum absolute atomic E-state index is 0.0718. The van der Waals surface area contributed by atoms with Crippen LogP contribution in [0.15, 0.2) is 77.7 Å². The number of ether oxygens (including phenoxy) is 3. The van der Waals surface area contributed by atoms with E-state index in [1.54, 1.807) is 60.7 Å². The van der Waals surface area contributed by atoms with Gasteiger partial charge in [-0.2, -0.15) is 0 Å². The van der Waals surface area contributed by atoms with E-state index in [1.165, 1.54) is 33.5 Å². The van der Waals surface area contributed by atoms with Crippen molar-refractivity contribution >= 4 is 27.3 Å². The number of hydrogen-bond acceptors (Lipinski definition) is 6. The topological polar surface area (TPSA) is 94.2 Å². The number of nitrogens with one attached hydrogen (secondary N) is 1. The summed E-state index contributed by atoms with van der Waals surface area (Å²) in [6, 6.07) is 19.3. The molecule has 0 fully saturated rings. The Hall–Kier alpha value is -3.72. The molecule has 1 N–H and O–H groups in total. The highest BCUT2D eigenvalue weighted by Crippen LogP contribution is 2.30. The predicted molar refractivity (Wildman–Crippen MR) is 122 cm³/mol. The zero-order valence-electron chi connectivity index (χ0n) is 17.9. The van der Waals surface area contributed by atoms with Crippen molar-refractivity contribution < 1.29 is 27.4 Å². The Balaban J connectivity index is 1.94. The maximum atomic E-state index is 13.4. The number of sulfonamides is 1. The van der Waals surface area contributed by atoms with Crippen molar-refractivity contribution in [2.45, 2.75) is 4.90 Å². The number of amides is 1. The van der Waals surface area contributed by atoms with Crippen LogP contribution in [0.2, 0.25) is 0 Å². The van der Waals surface area contributed by atoms with Crippen LogP contribution in [0.3, 0.4) is 0 Å². The number of rotatable bonds is 9. The standard InChI is InChI=1S/C23H24N2O6S/c1-29-18-11-9-17(10-12-18)25(32(27,28)20-7-5-4-6-8-20)16-23(26)24-21-15-19(30-2)13-14-22(21)31-3/h4-15H,16H2,1-3H3,(H,24,26). The van der Waals surface area contributed by atoms with Gasteiger partial charge in [0.2, 0.25) is 5.91 Å². The lowest BCUT2D eigenvalue weighted by molar-refractivity contribution is -0.114. The van der Waals surface area contributed by atoms with E-state index in [0.29, 0.717) is 28.6 Å². The summed E-state index contributed by atoms with van der Waals surface area (Å²) >= 11 is 0. The van der Waals surface area contributed by atoms with Crippen molar-refractivity contribution in [3.63, 3.8) is 0 Å². The van der Waals surface area contributed by atoms with Crippen LogP contribution in [0, 0.1) is 0 Å². The smallest absolute Gasteiger partial charge is 0.264 e. The van der Waals surface area contributed by atoms with E-state index in [9.17, 15) is 13.2 Å². The lowest BCUT2D eigenvalue weighted by Gasteiger charge is -2.24. The summed E-state index contributed by atoms with van der Waals surface area (Å²) in [6.45, 7) is -0.454. The van der Waals surface area contributed by atoms with Gasteiger partial charge in [-0.3, -0.25) is 9.10 Å². The van der Waals surface area contributed by atoms with Crippen LogP contribution >= 0.6 is 0 Å². The Kier molecular flexibility index (Phi) is 7.21. The molecule has 0 saturated carbocycles. The first-order valence-electron chi connectivity index (χ1n) is 9.62. The maximum absolute atomic E-state index is 13.4. The average Bonchev–Trinajstić information content (AvgIpc) is 2.83. The van der Waals surface area contributed by atoms with Gasteiger partial charge in [0.05, 0.1) is 37.6 Å². The molecule has 9 heteroatoms. The van der Waals surface area contributed by atoms with Gasteiger partial charge in [0, 0.05) is 6.07 Å². The first-order chi connectivity index (χ1) is 15.4. The Morgan fingerprint density at radius 1 is 0.844 bits per heavy atom. The minimum atomic E-state index is -4.01. The van der Waals surface area contributed by atoms with Crippen molar-refractivity contribution in [2.24, 2.45) is 0 Å². The molecule has 0 unspecified atom stereocenters. The predicted octanol–water partition coefficient (Wildman–Crippen LogP) is 3.55. The van der Waals surface area contributed by atoms with Crippen LogP contribution < -0.4 is 23.8 Å². The largest absolute Gasteiger partial charge is 0.497 e. The summed E-state index contributed by atoms with van der Waals surface area (Å²) in [4.78, 5) is 13.0. The Labute approximate surface area is 187 Å². The number of hydrogen-bond donors (Lipinski definition) is 1. The Morgan fingerprint density at radius 2 is 1.47 bits per heavy atom. The number of benzene rings is 3. The quantitative estimate of drug-likeness (QED) is 0.529. The molecule has 0 spiro atoms. The zero-order chi connectivity index (χ0) is 23.1. The zero-order valence-corrected chi connectivity index (χ0v) is 18.8. The van der Waals surface area contributed by atoms with E-state index in [-0.39, 0.29) is 4.90 Å². The normalized spacial score (nSPS) is 10.8. The van der Waals surface area contributed by atoms with E-state index < -0.39 is 22.5 Å². The SMILES string of the molecule is COc1ccc(N(CC(=O)Nc2cc(OC)ccc2OC)S(=O)(=O)c2ccccc2)cc1. The van der Waals surface area contributed by atoms with Gasteiger partial charge < -0.3 is 19.5 Å². The Bertz CT molecular complexity index is 1160. The second-order valence-electron chi connectivity index (χ2n) is 6.64. The highest BCUT2D eigenvalue weighted by molar-refractivity contribution is 7.92. The molecular formula is C23H24N2O6S. The molecule has 0 bridgehead atoms. The number of carbonyl (C=O) groups is 1. The molecule has 3 aromatic rings. The molecule has 0 radical (unpaired) electrons. The molecule has 0 aliphatic heterocycles. The van der Waals surface area contributed by atoms with Gasteiger partial charge in [-0.15, -0.1) is 0 Å². The van der Waals surface area contributed by atoms with E-state index in [0.717, 1.165) is 4.31 Å². The first-order valence-corrected chi connectivity index (χ1v) is 11.1. The lowest BCUT2D eigenvalue weighted by atomic mass is 10.2. The van der Waals surface area contributed by atoms with Crippen molar-refractivity contribution in [3.8, 4) is 17.2 Å². The fraction of sp³-hybridized carbons (Fsp3) is 0.174. The van der Waals surface area contributed by atoms with E-state index in [4.69, 9.17) is 14.2 Å². The molecular weight excluding hydrogens is 432 g/mol. The molecule has 0 aliphatic rings. The third-order valence-corrected chi connectivity index (χ3v) is 6.45.